The fourth-order valence-electron chi connectivity index (χ4n) is 2.69. The summed E-state index contributed by atoms with van der Waals surface area (Å²) in [5, 5.41) is 12.5. The minimum Gasteiger partial charge on any atom is -0.500 e. The molecule has 0 radical (unpaired) electrons. The average Bonchev–Trinajstić information content (AvgIpc) is 2.32. The molecule has 1 aliphatic rings. The van der Waals surface area contributed by atoms with Gasteiger partial charge in [0, 0.05) is 0 Å². The number of methoxy groups -OCH3 is 1. The normalized spacial score (nSPS) is 24.2. The van der Waals surface area contributed by atoms with Crippen molar-refractivity contribution in [3.8, 4) is 0 Å². The first kappa shape index (κ1) is 15.5. The van der Waals surface area contributed by atoms with Gasteiger partial charge in [0.05, 0.1) is 24.2 Å². The first-order valence-corrected chi connectivity index (χ1v) is 6.40. The third kappa shape index (κ3) is 2.31. The molecule has 0 heterocycles. The van der Waals surface area contributed by atoms with Crippen LogP contribution >= 0.6 is 0 Å². The Balaban J connectivity index is 3.45. The summed E-state index contributed by atoms with van der Waals surface area (Å²) in [7, 11) is 1.56. The van der Waals surface area contributed by atoms with Crippen LogP contribution in [0, 0.1) is 17.3 Å². The molecule has 0 saturated heterocycles. The second-order valence-electron chi connectivity index (χ2n) is 5.79. The Morgan fingerprint density at radius 1 is 1.47 bits per heavy atom. The van der Waals surface area contributed by atoms with E-state index in [1.807, 2.05) is 34.6 Å². The Labute approximate surface area is 114 Å². The summed E-state index contributed by atoms with van der Waals surface area (Å²) in [6, 6.07) is 0. The number of hydrogen-bond acceptors (Lipinski definition) is 4. The molecule has 0 amide bonds. The fourth-order valence-corrected chi connectivity index (χ4v) is 2.69. The molecule has 0 aliphatic heterocycles. The van der Waals surface area contributed by atoms with Gasteiger partial charge in [-0.3, -0.25) is 4.79 Å². The lowest BCUT2D eigenvalue weighted by Crippen LogP contribution is -2.43. The summed E-state index contributed by atoms with van der Waals surface area (Å²) in [5.41, 5.74) is 1.23. The molecule has 4 nitrogen and oxygen atoms in total. The minimum atomic E-state index is -0.741. The molecular weight excluding hydrogens is 242 g/mol. The summed E-state index contributed by atoms with van der Waals surface area (Å²) >= 11 is 0. The van der Waals surface area contributed by atoms with Gasteiger partial charge < -0.3 is 9.94 Å². The average molecular weight is 265 g/mol. The largest absolute Gasteiger partial charge is 0.500 e. The van der Waals surface area contributed by atoms with Crippen LogP contribution < -0.4 is 0 Å². The highest BCUT2D eigenvalue weighted by Gasteiger charge is 2.47. The molecule has 1 atom stereocenters. The molecule has 0 saturated carbocycles. The molecule has 19 heavy (non-hydrogen) atoms. The van der Waals surface area contributed by atoms with E-state index in [0.717, 1.165) is 5.57 Å². The highest BCUT2D eigenvalue weighted by atomic mass is 16.5. The Hall–Kier alpha value is -1.58. The molecule has 106 valence electrons. The Morgan fingerprint density at radius 2 is 2.00 bits per heavy atom. The van der Waals surface area contributed by atoms with Crippen LogP contribution in [0.4, 0.5) is 0 Å². The zero-order valence-corrected chi connectivity index (χ0v) is 12.6. The molecule has 0 spiro atoms. The van der Waals surface area contributed by atoms with Crippen molar-refractivity contribution >= 4 is 11.5 Å². The van der Waals surface area contributed by atoms with Gasteiger partial charge in [0.2, 0.25) is 0 Å². The topological polar surface area (TPSA) is 58.9 Å². The van der Waals surface area contributed by atoms with E-state index in [0.29, 0.717) is 17.0 Å². The van der Waals surface area contributed by atoms with Crippen LogP contribution in [0.1, 0.15) is 34.6 Å². The number of ether oxygens (including phenoxy) is 1. The lowest BCUT2D eigenvalue weighted by molar-refractivity contribution is -0.128. The maximum atomic E-state index is 12.7. The molecular formula is C15H23NO3. The second-order valence-corrected chi connectivity index (χ2v) is 5.79. The first-order chi connectivity index (χ1) is 8.69. The number of nitrogens with zero attached hydrogens (tertiary/aromatic N) is 1. The molecule has 4 heteroatoms. The summed E-state index contributed by atoms with van der Waals surface area (Å²) in [4.78, 5) is 12.7. The highest BCUT2D eigenvalue weighted by Crippen LogP contribution is 2.43. The summed E-state index contributed by atoms with van der Waals surface area (Å²) in [5.74, 6) is 0.00328. The van der Waals surface area contributed by atoms with E-state index in [1.165, 1.54) is 0 Å². The van der Waals surface area contributed by atoms with E-state index in [-0.39, 0.29) is 11.7 Å². The molecule has 0 aromatic carbocycles. The summed E-state index contributed by atoms with van der Waals surface area (Å²) < 4.78 is 5.38. The van der Waals surface area contributed by atoms with Crippen LogP contribution in [0.15, 0.2) is 28.6 Å². The number of hydrogen-bond donors (Lipinski definition) is 1. The van der Waals surface area contributed by atoms with Gasteiger partial charge in [-0.05, 0) is 37.8 Å². The SMILES string of the molecule is C=C1C(C)=C(OC)C(C)(C)C(=O)C1/C(=N/O)C(C)C. The second kappa shape index (κ2) is 5.19. The van der Waals surface area contributed by atoms with Crippen molar-refractivity contribution < 1.29 is 14.7 Å². The standard InChI is InChI=1S/C15H23NO3/c1-8(2)12(16-18)11-9(3)10(4)14(19-7)15(5,6)13(11)17/h8,11,18H,3H2,1-2,4-7H3/b16-12+. The van der Waals surface area contributed by atoms with Gasteiger partial charge in [-0.2, -0.15) is 0 Å². The summed E-state index contributed by atoms with van der Waals surface area (Å²) in [6.45, 7) is 13.3. The van der Waals surface area contributed by atoms with Gasteiger partial charge in [0.1, 0.15) is 5.76 Å². The Morgan fingerprint density at radius 3 is 2.37 bits per heavy atom. The van der Waals surface area contributed by atoms with Crippen molar-refractivity contribution in [1.82, 2.24) is 0 Å². The highest BCUT2D eigenvalue weighted by molar-refractivity contribution is 6.12. The van der Waals surface area contributed by atoms with Gasteiger partial charge in [-0.15, -0.1) is 0 Å². The molecule has 1 aliphatic carbocycles. The van der Waals surface area contributed by atoms with Gasteiger partial charge in [-0.1, -0.05) is 25.6 Å². The van der Waals surface area contributed by atoms with E-state index < -0.39 is 11.3 Å². The van der Waals surface area contributed by atoms with Crippen LogP contribution in [0.3, 0.4) is 0 Å². The van der Waals surface area contributed by atoms with Crippen molar-refractivity contribution in [1.29, 1.82) is 0 Å². The quantitative estimate of drug-likeness (QED) is 0.484. The van der Waals surface area contributed by atoms with Crippen molar-refractivity contribution in [2.45, 2.75) is 34.6 Å². The zero-order valence-electron chi connectivity index (χ0n) is 12.6. The number of Topliss-reactive ketones (excluding diaryl/α,β-unsaturated/α-hetero) is 1. The maximum Gasteiger partial charge on any atom is 0.159 e. The number of oxime groups is 1. The van der Waals surface area contributed by atoms with Crippen LogP contribution in [-0.2, 0) is 9.53 Å². The number of allylic oxidation sites excluding steroid dienone is 3. The van der Waals surface area contributed by atoms with Gasteiger partial charge >= 0.3 is 0 Å². The third-order valence-electron chi connectivity index (χ3n) is 3.82. The van der Waals surface area contributed by atoms with Crippen LogP contribution in [0.25, 0.3) is 0 Å². The number of rotatable bonds is 3. The number of carbonyl (C=O) groups excluding carboxylic acids is 1. The van der Waals surface area contributed by atoms with Gasteiger partial charge in [0.15, 0.2) is 5.78 Å². The van der Waals surface area contributed by atoms with Crippen LogP contribution in [-0.4, -0.2) is 23.8 Å². The minimum absolute atomic E-state index is 0.0246. The number of ketones is 1. The van der Waals surface area contributed by atoms with Gasteiger partial charge in [-0.25, -0.2) is 0 Å². The molecule has 1 rings (SSSR count). The molecule has 0 bridgehead atoms. The van der Waals surface area contributed by atoms with Crippen LogP contribution in [0.2, 0.25) is 0 Å². The van der Waals surface area contributed by atoms with E-state index in [9.17, 15) is 10.0 Å². The number of carbonyl (C=O) groups is 1. The van der Waals surface area contributed by atoms with Crippen molar-refractivity contribution in [2.75, 3.05) is 7.11 Å². The molecule has 0 aromatic heterocycles. The Kier molecular flexibility index (Phi) is 4.23. The fraction of sp³-hybridized carbons (Fsp3) is 0.600. The summed E-state index contributed by atoms with van der Waals surface area (Å²) in [6.07, 6.45) is 0. The molecule has 1 N–H and O–H groups in total. The first-order valence-electron chi connectivity index (χ1n) is 6.40. The van der Waals surface area contributed by atoms with E-state index in [1.54, 1.807) is 7.11 Å². The van der Waals surface area contributed by atoms with E-state index in [4.69, 9.17) is 4.74 Å². The van der Waals surface area contributed by atoms with Crippen molar-refractivity contribution in [2.24, 2.45) is 22.4 Å². The van der Waals surface area contributed by atoms with Crippen LogP contribution in [0.5, 0.6) is 0 Å². The van der Waals surface area contributed by atoms with Crippen molar-refractivity contribution in [3.63, 3.8) is 0 Å². The lowest BCUT2D eigenvalue weighted by Gasteiger charge is -2.38. The van der Waals surface area contributed by atoms with Gasteiger partial charge in [0.25, 0.3) is 0 Å². The monoisotopic (exact) mass is 265 g/mol. The predicted molar refractivity (Wildman–Crippen MR) is 75.2 cm³/mol. The van der Waals surface area contributed by atoms with E-state index in [2.05, 4.69) is 11.7 Å². The molecule has 0 fully saturated rings. The lowest BCUT2D eigenvalue weighted by atomic mass is 9.66. The predicted octanol–water partition coefficient (Wildman–Crippen LogP) is 3.17. The van der Waals surface area contributed by atoms with E-state index >= 15 is 0 Å². The zero-order chi connectivity index (χ0) is 15.0. The molecule has 0 aromatic rings. The smallest absolute Gasteiger partial charge is 0.159 e. The Bertz CT molecular complexity index is 470. The third-order valence-corrected chi connectivity index (χ3v) is 3.82. The maximum absolute atomic E-state index is 12.7. The molecule has 1 unspecified atom stereocenters. The van der Waals surface area contributed by atoms with Crippen molar-refractivity contribution in [3.05, 3.63) is 23.5 Å².